The van der Waals surface area contributed by atoms with Gasteiger partial charge in [-0.15, -0.1) is 11.8 Å². The number of nitrogens with zero attached hydrogens (tertiary/aromatic N) is 1. The second-order valence-corrected chi connectivity index (χ2v) is 5.32. The first-order chi connectivity index (χ1) is 8.66. The summed E-state index contributed by atoms with van der Waals surface area (Å²) >= 11 is 1.60. The fourth-order valence-electron chi connectivity index (χ4n) is 1.64. The highest BCUT2D eigenvalue weighted by atomic mass is 32.2. The molecule has 1 aromatic carbocycles. The Morgan fingerprint density at radius 3 is 2.44 bits per heavy atom. The second kappa shape index (κ2) is 5.98. The standard InChI is InChI=1S/C14H15FN2S/c1-10(16)14(13-4-2-3-9-17-13)18-12-7-5-11(15)6-8-12/h2-10,14H,16H2,1H3. The third-order valence-corrected chi connectivity index (χ3v) is 4.00. The normalized spacial score (nSPS) is 14.2. The molecule has 0 amide bonds. The highest BCUT2D eigenvalue weighted by Gasteiger charge is 2.18. The Morgan fingerprint density at radius 1 is 1.17 bits per heavy atom. The third kappa shape index (κ3) is 3.31. The summed E-state index contributed by atoms with van der Waals surface area (Å²) in [7, 11) is 0. The van der Waals surface area contributed by atoms with Gasteiger partial charge in [0.25, 0.3) is 0 Å². The van der Waals surface area contributed by atoms with Gasteiger partial charge in [0.05, 0.1) is 10.9 Å². The van der Waals surface area contributed by atoms with E-state index in [2.05, 4.69) is 4.98 Å². The van der Waals surface area contributed by atoms with Gasteiger partial charge in [-0.05, 0) is 43.3 Å². The molecule has 94 valence electrons. The summed E-state index contributed by atoms with van der Waals surface area (Å²) in [6.45, 7) is 1.95. The van der Waals surface area contributed by atoms with Crippen LogP contribution < -0.4 is 5.73 Å². The average molecular weight is 262 g/mol. The molecule has 0 bridgehead atoms. The van der Waals surface area contributed by atoms with E-state index >= 15 is 0 Å². The van der Waals surface area contributed by atoms with Crippen LogP contribution in [0, 0.1) is 5.82 Å². The van der Waals surface area contributed by atoms with Gasteiger partial charge in [0.1, 0.15) is 5.82 Å². The molecular formula is C14H15FN2S. The molecule has 18 heavy (non-hydrogen) atoms. The number of hydrogen-bond acceptors (Lipinski definition) is 3. The summed E-state index contributed by atoms with van der Waals surface area (Å²) in [4.78, 5) is 5.33. The number of halogens is 1. The van der Waals surface area contributed by atoms with E-state index in [1.54, 1.807) is 30.1 Å². The van der Waals surface area contributed by atoms with E-state index in [0.717, 1.165) is 10.6 Å². The quantitative estimate of drug-likeness (QED) is 0.858. The molecule has 0 spiro atoms. The first kappa shape index (κ1) is 13.1. The Bertz CT molecular complexity index is 485. The lowest BCUT2D eigenvalue weighted by molar-refractivity contribution is 0.626. The summed E-state index contributed by atoms with van der Waals surface area (Å²) < 4.78 is 12.9. The predicted octanol–water partition coefficient (Wildman–Crippen LogP) is 3.40. The first-order valence-corrected chi connectivity index (χ1v) is 6.63. The Labute approximate surface area is 110 Å². The van der Waals surface area contributed by atoms with Crippen molar-refractivity contribution in [3.05, 3.63) is 60.2 Å². The van der Waals surface area contributed by atoms with Crippen LogP contribution in [0.15, 0.2) is 53.6 Å². The molecule has 0 saturated carbocycles. The van der Waals surface area contributed by atoms with E-state index in [0.29, 0.717) is 0 Å². The zero-order valence-electron chi connectivity index (χ0n) is 10.1. The third-order valence-electron chi connectivity index (χ3n) is 2.53. The zero-order valence-corrected chi connectivity index (χ0v) is 10.9. The topological polar surface area (TPSA) is 38.9 Å². The Hall–Kier alpha value is -1.39. The van der Waals surface area contributed by atoms with Crippen molar-refractivity contribution in [3.63, 3.8) is 0 Å². The summed E-state index contributed by atoms with van der Waals surface area (Å²) in [5, 5.41) is 0.0664. The fraction of sp³-hybridized carbons (Fsp3) is 0.214. The van der Waals surface area contributed by atoms with Crippen LogP contribution in [0.5, 0.6) is 0 Å². The lowest BCUT2D eigenvalue weighted by Gasteiger charge is -2.19. The highest BCUT2D eigenvalue weighted by molar-refractivity contribution is 7.99. The maximum absolute atomic E-state index is 12.9. The minimum Gasteiger partial charge on any atom is -0.327 e. The summed E-state index contributed by atoms with van der Waals surface area (Å²) in [6, 6.07) is 12.2. The van der Waals surface area contributed by atoms with E-state index in [-0.39, 0.29) is 17.1 Å². The van der Waals surface area contributed by atoms with Gasteiger partial charge in [-0.3, -0.25) is 4.98 Å². The maximum Gasteiger partial charge on any atom is 0.123 e. The highest BCUT2D eigenvalue weighted by Crippen LogP contribution is 2.36. The lowest BCUT2D eigenvalue weighted by Crippen LogP contribution is -2.23. The van der Waals surface area contributed by atoms with Crippen LogP contribution in [-0.2, 0) is 0 Å². The molecule has 2 nitrogen and oxygen atoms in total. The number of rotatable bonds is 4. The fourth-order valence-corrected chi connectivity index (χ4v) is 2.70. The largest absolute Gasteiger partial charge is 0.327 e. The number of benzene rings is 1. The van der Waals surface area contributed by atoms with Gasteiger partial charge in [-0.2, -0.15) is 0 Å². The van der Waals surface area contributed by atoms with E-state index in [1.807, 2.05) is 25.1 Å². The van der Waals surface area contributed by atoms with Crippen LogP contribution in [0.1, 0.15) is 17.9 Å². The summed E-state index contributed by atoms with van der Waals surface area (Å²) in [5.74, 6) is -0.227. The number of hydrogen-bond donors (Lipinski definition) is 1. The number of aromatic nitrogens is 1. The van der Waals surface area contributed by atoms with Crippen molar-refractivity contribution in [2.75, 3.05) is 0 Å². The monoisotopic (exact) mass is 262 g/mol. The second-order valence-electron chi connectivity index (χ2n) is 4.11. The van der Waals surface area contributed by atoms with Crippen molar-refractivity contribution in [1.82, 2.24) is 4.98 Å². The maximum atomic E-state index is 12.9. The van der Waals surface area contributed by atoms with Gasteiger partial charge in [0.2, 0.25) is 0 Å². The van der Waals surface area contributed by atoms with Crippen molar-refractivity contribution >= 4 is 11.8 Å². The molecule has 2 unspecified atom stereocenters. The summed E-state index contributed by atoms with van der Waals surface area (Å²) in [6.07, 6.45) is 1.76. The van der Waals surface area contributed by atoms with Crippen molar-refractivity contribution in [2.24, 2.45) is 5.73 Å². The van der Waals surface area contributed by atoms with Crippen LogP contribution in [0.3, 0.4) is 0 Å². The van der Waals surface area contributed by atoms with Gasteiger partial charge in [0.15, 0.2) is 0 Å². The van der Waals surface area contributed by atoms with Crippen LogP contribution in [0.2, 0.25) is 0 Å². The van der Waals surface area contributed by atoms with Crippen molar-refractivity contribution in [3.8, 4) is 0 Å². The SMILES string of the molecule is CC(N)C(Sc1ccc(F)cc1)c1ccccn1. The molecular weight excluding hydrogens is 247 g/mol. The Kier molecular flexibility index (Phi) is 4.33. The van der Waals surface area contributed by atoms with Crippen molar-refractivity contribution in [1.29, 1.82) is 0 Å². The molecule has 0 saturated heterocycles. The van der Waals surface area contributed by atoms with Gasteiger partial charge in [0, 0.05) is 17.1 Å². The van der Waals surface area contributed by atoms with E-state index in [9.17, 15) is 4.39 Å². The van der Waals surface area contributed by atoms with Crippen LogP contribution in [0.4, 0.5) is 4.39 Å². The molecule has 0 aliphatic heterocycles. The minimum absolute atomic E-state index is 0.0325. The molecule has 0 radical (unpaired) electrons. The van der Waals surface area contributed by atoms with Gasteiger partial charge < -0.3 is 5.73 Å². The Morgan fingerprint density at radius 2 is 1.89 bits per heavy atom. The predicted molar refractivity (Wildman–Crippen MR) is 72.9 cm³/mol. The van der Waals surface area contributed by atoms with Crippen LogP contribution in [-0.4, -0.2) is 11.0 Å². The van der Waals surface area contributed by atoms with E-state index in [4.69, 9.17) is 5.73 Å². The van der Waals surface area contributed by atoms with Gasteiger partial charge >= 0.3 is 0 Å². The Balaban J connectivity index is 2.19. The molecule has 1 heterocycles. The molecule has 2 rings (SSSR count). The molecule has 0 aliphatic carbocycles. The molecule has 2 aromatic rings. The van der Waals surface area contributed by atoms with E-state index in [1.165, 1.54) is 12.1 Å². The lowest BCUT2D eigenvalue weighted by atomic mass is 10.2. The van der Waals surface area contributed by atoms with Gasteiger partial charge in [-0.1, -0.05) is 6.07 Å². The van der Waals surface area contributed by atoms with Crippen LogP contribution >= 0.6 is 11.8 Å². The number of thioether (sulfide) groups is 1. The number of nitrogens with two attached hydrogens (primary N) is 1. The zero-order chi connectivity index (χ0) is 13.0. The van der Waals surface area contributed by atoms with E-state index < -0.39 is 0 Å². The molecule has 1 aromatic heterocycles. The number of pyridine rings is 1. The van der Waals surface area contributed by atoms with Crippen molar-refractivity contribution in [2.45, 2.75) is 23.1 Å². The molecule has 2 atom stereocenters. The molecule has 0 fully saturated rings. The first-order valence-electron chi connectivity index (χ1n) is 5.75. The minimum atomic E-state index is -0.227. The smallest absolute Gasteiger partial charge is 0.123 e. The summed E-state index contributed by atoms with van der Waals surface area (Å²) in [5.41, 5.74) is 6.96. The molecule has 0 aliphatic rings. The average Bonchev–Trinajstić information content (AvgIpc) is 2.38. The van der Waals surface area contributed by atoms with Gasteiger partial charge in [-0.25, -0.2) is 4.39 Å². The molecule has 4 heteroatoms. The van der Waals surface area contributed by atoms with Crippen LogP contribution in [0.25, 0.3) is 0 Å². The van der Waals surface area contributed by atoms with Crippen molar-refractivity contribution < 1.29 is 4.39 Å². The molecule has 2 N–H and O–H groups in total.